The molecule has 0 aliphatic heterocycles. The molecule has 1 heterocycles. The first-order valence-corrected chi connectivity index (χ1v) is 8.09. The van der Waals surface area contributed by atoms with Crippen molar-refractivity contribution in [3.05, 3.63) is 53.5 Å². The van der Waals surface area contributed by atoms with Crippen LogP contribution in [0.15, 0.2) is 48.0 Å². The van der Waals surface area contributed by atoms with E-state index in [1.807, 2.05) is 35.7 Å². The molecule has 1 amide bonds. The Balaban J connectivity index is 2.46. The van der Waals surface area contributed by atoms with Crippen LogP contribution >= 0.6 is 11.3 Å². The van der Waals surface area contributed by atoms with Crippen LogP contribution in [0.25, 0.3) is 21.7 Å². The summed E-state index contributed by atoms with van der Waals surface area (Å²) < 4.78 is 11.0. The van der Waals surface area contributed by atoms with Crippen LogP contribution in [-0.4, -0.2) is 25.1 Å². The van der Waals surface area contributed by atoms with Crippen LogP contribution in [0.5, 0.6) is 11.5 Å². The number of benzene rings is 2. The number of carbonyl (C=O) groups is 1. The zero-order valence-corrected chi connectivity index (χ0v) is 14.1. The summed E-state index contributed by atoms with van der Waals surface area (Å²) in [5, 5.41) is 2.55. The number of carbonyl (C=O) groups excluding carboxylic acids is 1. The van der Waals surface area contributed by atoms with Gasteiger partial charge < -0.3 is 15.2 Å². The van der Waals surface area contributed by atoms with E-state index in [-0.39, 0.29) is 0 Å². The van der Waals surface area contributed by atoms with E-state index >= 15 is 0 Å². The number of thiazole rings is 1. The number of ether oxygens (including phenoxy) is 2. The lowest BCUT2D eigenvalue weighted by molar-refractivity contribution is 0.100. The first kappa shape index (κ1) is 16.0. The fourth-order valence-electron chi connectivity index (χ4n) is 2.64. The van der Waals surface area contributed by atoms with Gasteiger partial charge in [0.25, 0.3) is 0 Å². The third-order valence-corrected chi connectivity index (χ3v) is 4.43. The number of hydrogen-bond donors (Lipinski definition) is 1. The highest BCUT2D eigenvalue weighted by Crippen LogP contribution is 2.47. The number of nitrogens with two attached hydrogens (primary N) is 1. The van der Waals surface area contributed by atoms with Crippen LogP contribution < -0.4 is 15.2 Å². The second-order valence-corrected chi connectivity index (χ2v) is 5.87. The van der Waals surface area contributed by atoms with Gasteiger partial charge in [0.05, 0.1) is 19.8 Å². The molecule has 0 aliphatic carbocycles. The van der Waals surface area contributed by atoms with Crippen molar-refractivity contribution in [2.24, 2.45) is 5.73 Å². The highest BCUT2D eigenvalue weighted by atomic mass is 32.1. The number of amides is 1. The van der Waals surface area contributed by atoms with Crippen molar-refractivity contribution in [3.8, 4) is 33.2 Å². The van der Waals surface area contributed by atoms with Gasteiger partial charge in [0.2, 0.25) is 5.91 Å². The van der Waals surface area contributed by atoms with E-state index in [2.05, 4.69) is 4.98 Å². The number of aromatic nitrogens is 1. The van der Waals surface area contributed by atoms with Crippen molar-refractivity contribution in [2.45, 2.75) is 0 Å². The van der Waals surface area contributed by atoms with Crippen LogP contribution in [0, 0.1) is 0 Å². The minimum absolute atomic E-state index is 0.349. The number of primary amides is 1. The smallest absolute Gasteiger partial charge is 0.249 e. The molecule has 0 unspecified atom stereocenters. The molecule has 0 saturated heterocycles. The zero-order valence-electron chi connectivity index (χ0n) is 13.3. The highest BCUT2D eigenvalue weighted by Gasteiger charge is 2.25. The standard InChI is InChI=1S/C18H16N2O3S/c1-22-13-10-12(17(19)21)15(18-20-8-9-24-18)14(16(13)23-2)11-6-4-3-5-7-11/h3-10H,1-2H3,(H2,19,21). The summed E-state index contributed by atoms with van der Waals surface area (Å²) in [5.41, 5.74) is 8.25. The van der Waals surface area contributed by atoms with Crippen LogP contribution in [-0.2, 0) is 0 Å². The van der Waals surface area contributed by atoms with Gasteiger partial charge in [-0.1, -0.05) is 30.3 Å². The lowest BCUT2D eigenvalue weighted by Gasteiger charge is -2.19. The summed E-state index contributed by atoms with van der Waals surface area (Å²) in [5.74, 6) is 0.447. The summed E-state index contributed by atoms with van der Waals surface area (Å²) in [6.07, 6.45) is 1.69. The van der Waals surface area contributed by atoms with E-state index in [0.717, 1.165) is 11.1 Å². The minimum Gasteiger partial charge on any atom is -0.493 e. The molecule has 0 aliphatic rings. The molecule has 122 valence electrons. The quantitative estimate of drug-likeness (QED) is 0.770. The van der Waals surface area contributed by atoms with Crippen LogP contribution in [0.3, 0.4) is 0 Å². The zero-order chi connectivity index (χ0) is 17.1. The van der Waals surface area contributed by atoms with Crippen molar-refractivity contribution in [3.63, 3.8) is 0 Å². The van der Waals surface area contributed by atoms with Crippen LogP contribution in [0.4, 0.5) is 0 Å². The van der Waals surface area contributed by atoms with Crippen molar-refractivity contribution < 1.29 is 14.3 Å². The average Bonchev–Trinajstić information content (AvgIpc) is 3.14. The van der Waals surface area contributed by atoms with Crippen molar-refractivity contribution >= 4 is 17.2 Å². The number of nitrogens with zero attached hydrogens (tertiary/aromatic N) is 1. The number of methoxy groups -OCH3 is 2. The number of hydrogen-bond acceptors (Lipinski definition) is 5. The Morgan fingerprint density at radius 1 is 1.12 bits per heavy atom. The predicted octanol–water partition coefficient (Wildman–Crippen LogP) is 3.59. The van der Waals surface area contributed by atoms with Crippen LogP contribution in [0.2, 0.25) is 0 Å². The summed E-state index contributed by atoms with van der Waals surface area (Å²) in [7, 11) is 3.10. The SMILES string of the molecule is COc1cc(C(N)=O)c(-c2nccs2)c(-c2ccccc2)c1OC. The molecule has 2 N–H and O–H groups in total. The normalized spacial score (nSPS) is 10.4. The van der Waals surface area contributed by atoms with Gasteiger partial charge in [-0.25, -0.2) is 4.98 Å². The van der Waals surface area contributed by atoms with Gasteiger partial charge in [0, 0.05) is 22.7 Å². The molecule has 1 aromatic heterocycles. The topological polar surface area (TPSA) is 74.4 Å². The lowest BCUT2D eigenvalue weighted by Crippen LogP contribution is -2.14. The molecule has 3 rings (SSSR count). The van der Waals surface area contributed by atoms with Crippen molar-refractivity contribution in [1.82, 2.24) is 4.98 Å². The van der Waals surface area contributed by atoms with Crippen LogP contribution in [0.1, 0.15) is 10.4 Å². The predicted molar refractivity (Wildman–Crippen MR) is 94.6 cm³/mol. The van der Waals surface area contributed by atoms with Gasteiger partial charge in [0.15, 0.2) is 11.5 Å². The Hall–Kier alpha value is -2.86. The first-order valence-electron chi connectivity index (χ1n) is 7.21. The van der Waals surface area contributed by atoms with Gasteiger partial charge >= 0.3 is 0 Å². The van der Waals surface area contributed by atoms with E-state index in [9.17, 15) is 4.79 Å². The van der Waals surface area contributed by atoms with E-state index in [0.29, 0.717) is 27.6 Å². The second kappa shape index (κ2) is 6.72. The second-order valence-electron chi connectivity index (χ2n) is 4.98. The molecular formula is C18H16N2O3S. The van der Waals surface area contributed by atoms with Gasteiger partial charge in [-0.15, -0.1) is 11.3 Å². The van der Waals surface area contributed by atoms with Gasteiger partial charge in [0.1, 0.15) is 5.01 Å². The molecule has 0 saturated carbocycles. The maximum Gasteiger partial charge on any atom is 0.249 e. The summed E-state index contributed by atoms with van der Waals surface area (Å²) in [6, 6.07) is 11.3. The lowest BCUT2D eigenvalue weighted by atomic mass is 9.93. The van der Waals surface area contributed by atoms with E-state index in [1.54, 1.807) is 19.4 Å². The maximum absolute atomic E-state index is 12.1. The molecule has 24 heavy (non-hydrogen) atoms. The van der Waals surface area contributed by atoms with Gasteiger partial charge in [-0.05, 0) is 11.6 Å². The third kappa shape index (κ3) is 2.72. The monoisotopic (exact) mass is 340 g/mol. The molecular weight excluding hydrogens is 324 g/mol. The fourth-order valence-corrected chi connectivity index (χ4v) is 3.34. The highest BCUT2D eigenvalue weighted by molar-refractivity contribution is 7.13. The Morgan fingerprint density at radius 2 is 1.88 bits per heavy atom. The Morgan fingerprint density at radius 3 is 2.42 bits per heavy atom. The maximum atomic E-state index is 12.1. The number of rotatable bonds is 5. The Kier molecular flexibility index (Phi) is 4.48. The average molecular weight is 340 g/mol. The third-order valence-electron chi connectivity index (χ3n) is 3.64. The molecule has 5 nitrogen and oxygen atoms in total. The molecule has 6 heteroatoms. The summed E-state index contributed by atoms with van der Waals surface area (Å²) in [4.78, 5) is 16.4. The van der Waals surface area contributed by atoms with E-state index < -0.39 is 5.91 Å². The van der Waals surface area contributed by atoms with Crippen molar-refractivity contribution in [1.29, 1.82) is 0 Å². The first-order chi connectivity index (χ1) is 11.7. The van der Waals surface area contributed by atoms with E-state index in [1.165, 1.54) is 18.4 Å². The Bertz CT molecular complexity index is 862. The minimum atomic E-state index is -0.543. The van der Waals surface area contributed by atoms with Gasteiger partial charge in [-0.3, -0.25) is 4.79 Å². The molecule has 0 spiro atoms. The van der Waals surface area contributed by atoms with Gasteiger partial charge in [-0.2, -0.15) is 0 Å². The van der Waals surface area contributed by atoms with Crippen molar-refractivity contribution in [2.75, 3.05) is 14.2 Å². The van der Waals surface area contributed by atoms with E-state index in [4.69, 9.17) is 15.2 Å². The summed E-state index contributed by atoms with van der Waals surface area (Å²) in [6.45, 7) is 0. The molecule has 0 bridgehead atoms. The fraction of sp³-hybridized carbons (Fsp3) is 0.111. The molecule has 2 aromatic carbocycles. The largest absolute Gasteiger partial charge is 0.493 e. The Labute approximate surface area is 143 Å². The molecule has 3 aromatic rings. The summed E-state index contributed by atoms with van der Waals surface area (Å²) >= 11 is 1.43. The molecule has 0 atom stereocenters. The molecule has 0 radical (unpaired) electrons. The molecule has 0 fully saturated rings.